The van der Waals surface area contributed by atoms with Crippen molar-refractivity contribution in [2.24, 2.45) is 16.8 Å². The summed E-state index contributed by atoms with van der Waals surface area (Å²) in [5, 5.41) is 6.64. The Bertz CT molecular complexity index is 332. The van der Waals surface area contributed by atoms with Gasteiger partial charge >= 0.3 is 0 Å². The number of aliphatic imine (C=N–C) groups is 1. The predicted molar refractivity (Wildman–Crippen MR) is 103 cm³/mol. The molecule has 0 saturated carbocycles. The smallest absolute Gasteiger partial charge is 0.191 e. The lowest BCUT2D eigenvalue weighted by Gasteiger charge is -2.21. The molecule has 1 saturated heterocycles. The molecule has 0 unspecified atom stereocenters. The first-order valence-electron chi connectivity index (χ1n) is 9.97. The summed E-state index contributed by atoms with van der Waals surface area (Å²) in [6, 6.07) is 0. The van der Waals surface area contributed by atoms with Gasteiger partial charge in [-0.15, -0.1) is 0 Å². The first-order valence-corrected chi connectivity index (χ1v) is 9.97. The Morgan fingerprint density at radius 1 is 1.12 bits per heavy atom. The van der Waals surface area contributed by atoms with Gasteiger partial charge in [-0.1, -0.05) is 13.8 Å². The van der Waals surface area contributed by atoms with E-state index in [-0.39, 0.29) is 0 Å². The van der Waals surface area contributed by atoms with Crippen LogP contribution in [0.25, 0.3) is 0 Å². The molecule has 6 heteroatoms. The molecule has 1 rings (SSSR count). The number of nitrogens with zero attached hydrogens (tertiary/aromatic N) is 1. The Balaban J connectivity index is 2.02. The van der Waals surface area contributed by atoms with Crippen LogP contribution in [0.3, 0.4) is 0 Å². The quantitative estimate of drug-likeness (QED) is 0.301. The van der Waals surface area contributed by atoms with Gasteiger partial charge in [0.1, 0.15) is 0 Å². The Morgan fingerprint density at radius 3 is 2.60 bits per heavy atom. The van der Waals surface area contributed by atoms with Crippen LogP contribution in [0.2, 0.25) is 0 Å². The minimum absolute atomic E-state index is 0.594. The van der Waals surface area contributed by atoms with Gasteiger partial charge in [0, 0.05) is 59.3 Å². The minimum atomic E-state index is 0.594. The van der Waals surface area contributed by atoms with E-state index in [4.69, 9.17) is 14.2 Å². The van der Waals surface area contributed by atoms with Crippen LogP contribution >= 0.6 is 0 Å². The van der Waals surface area contributed by atoms with Crippen LogP contribution in [0.4, 0.5) is 0 Å². The van der Waals surface area contributed by atoms with Gasteiger partial charge in [0.15, 0.2) is 5.96 Å². The lowest BCUT2D eigenvalue weighted by atomic mass is 10.0. The van der Waals surface area contributed by atoms with Crippen LogP contribution in [0.5, 0.6) is 0 Å². The van der Waals surface area contributed by atoms with E-state index in [1.807, 2.05) is 0 Å². The molecule has 25 heavy (non-hydrogen) atoms. The summed E-state index contributed by atoms with van der Waals surface area (Å²) in [5.41, 5.74) is 0. The van der Waals surface area contributed by atoms with Crippen LogP contribution in [0, 0.1) is 11.8 Å². The van der Waals surface area contributed by atoms with Gasteiger partial charge < -0.3 is 24.8 Å². The summed E-state index contributed by atoms with van der Waals surface area (Å²) < 4.78 is 16.7. The molecule has 1 aliphatic rings. The Labute approximate surface area is 154 Å². The van der Waals surface area contributed by atoms with Crippen molar-refractivity contribution in [3.05, 3.63) is 0 Å². The SMILES string of the molecule is CCNC(=NCCCOCC(C)C)NCCCOCC1CCOCC1. The van der Waals surface area contributed by atoms with Gasteiger partial charge in [-0.25, -0.2) is 0 Å². The number of ether oxygens (including phenoxy) is 3. The summed E-state index contributed by atoms with van der Waals surface area (Å²) in [5.74, 6) is 2.16. The number of guanidine groups is 1. The standard InChI is InChI=1S/C19H39N3O3/c1-4-20-19(21-9-5-11-24-15-17(2)3)22-10-6-12-25-16-18-7-13-23-14-8-18/h17-18H,4-16H2,1-3H3,(H2,20,21,22). The molecule has 0 aromatic carbocycles. The second-order valence-corrected chi connectivity index (χ2v) is 6.99. The van der Waals surface area contributed by atoms with Crippen LogP contribution in [-0.2, 0) is 14.2 Å². The van der Waals surface area contributed by atoms with Crippen molar-refractivity contribution in [3.8, 4) is 0 Å². The van der Waals surface area contributed by atoms with E-state index in [0.29, 0.717) is 11.8 Å². The molecule has 1 fully saturated rings. The number of nitrogens with one attached hydrogen (secondary N) is 2. The first kappa shape index (κ1) is 22.2. The largest absolute Gasteiger partial charge is 0.381 e. The average Bonchev–Trinajstić information content (AvgIpc) is 2.61. The maximum Gasteiger partial charge on any atom is 0.191 e. The second-order valence-electron chi connectivity index (χ2n) is 6.99. The molecule has 1 aliphatic heterocycles. The molecule has 0 aromatic rings. The number of rotatable bonds is 13. The zero-order valence-corrected chi connectivity index (χ0v) is 16.5. The molecule has 6 nitrogen and oxygen atoms in total. The highest BCUT2D eigenvalue weighted by atomic mass is 16.5. The van der Waals surface area contributed by atoms with Gasteiger partial charge in [-0.3, -0.25) is 4.99 Å². The van der Waals surface area contributed by atoms with Crippen molar-refractivity contribution in [2.75, 3.05) is 59.3 Å². The summed E-state index contributed by atoms with van der Waals surface area (Å²) in [4.78, 5) is 4.58. The number of hydrogen-bond acceptors (Lipinski definition) is 4. The lowest BCUT2D eigenvalue weighted by molar-refractivity contribution is 0.0203. The van der Waals surface area contributed by atoms with Crippen molar-refractivity contribution in [1.82, 2.24) is 10.6 Å². The maximum absolute atomic E-state index is 5.79. The molecule has 0 aliphatic carbocycles. The molecule has 148 valence electrons. The zero-order chi connectivity index (χ0) is 18.2. The predicted octanol–water partition coefficient (Wildman–Crippen LogP) is 2.44. The van der Waals surface area contributed by atoms with E-state index in [1.165, 1.54) is 0 Å². The van der Waals surface area contributed by atoms with Crippen LogP contribution in [-0.4, -0.2) is 65.2 Å². The highest BCUT2D eigenvalue weighted by Gasteiger charge is 2.13. The molecule has 0 spiro atoms. The van der Waals surface area contributed by atoms with Gasteiger partial charge in [0.25, 0.3) is 0 Å². The first-order chi connectivity index (χ1) is 12.2. The molecule has 0 radical (unpaired) electrons. The summed E-state index contributed by atoms with van der Waals surface area (Å²) in [6.45, 7) is 14.0. The van der Waals surface area contributed by atoms with Crippen molar-refractivity contribution in [3.63, 3.8) is 0 Å². The van der Waals surface area contributed by atoms with Crippen LogP contribution in [0.1, 0.15) is 46.5 Å². The van der Waals surface area contributed by atoms with Gasteiger partial charge in [0.05, 0.1) is 0 Å². The average molecular weight is 358 g/mol. The lowest BCUT2D eigenvalue weighted by Crippen LogP contribution is -2.38. The van der Waals surface area contributed by atoms with Crippen LogP contribution in [0.15, 0.2) is 4.99 Å². The van der Waals surface area contributed by atoms with E-state index >= 15 is 0 Å². The third-order valence-electron chi connectivity index (χ3n) is 3.96. The summed E-state index contributed by atoms with van der Waals surface area (Å²) >= 11 is 0. The van der Waals surface area contributed by atoms with E-state index in [2.05, 4.69) is 36.4 Å². The third kappa shape index (κ3) is 13.1. The van der Waals surface area contributed by atoms with E-state index in [0.717, 1.165) is 90.9 Å². The monoisotopic (exact) mass is 357 g/mol. The second kappa shape index (κ2) is 15.4. The van der Waals surface area contributed by atoms with E-state index in [1.54, 1.807) is 0 Å². The van der Waals surface area contributed by atoms with Gasteiger partial charge in [-0.05, 0) is 44.4 Å². The van der Waals surface area contributed by atoms with Crippen molar-refractivity contribution >= 4 is 5.96 Å². The molecule has 0 atom stereocenters. The zero-order valence-electron chi connectivity index (χ0n) is 16.5. The minimum Gasteiger partial charge on any atom is -0.381 e. The Kier molecular flexibility index (Phi) is 13.7. The highest BCUT2D eigenvalue weighted by Crippen LogP contribution is 2.14. The van der Waals surface area contributed by atoms with E-state index < -0.39 is 0 Å². The van der Waals surface area contributed by atoms with E-state index in [9.17, 15) is 0 Å². The molecular formula is C19H39N3O3. The third-order valence-corrected chi connectivity index (χ3v) is 3.96. The molecule has 0 aromatic heterocycles. The Morgan fingerprint density at radius 2 is 1.88 bits per heavy atom. The summed E-state index contributed by atoms with van der Waals surface area (Å²) in [7, 11) is 0. The molecule has 2 N–H and O–H groups in total. The van der Waals surface area contributed by atoms with Crippen molar-refractivity contribution in [1.29, 1.82) is 0 Å². The molecular weight excluding hydrogens is 318 g/mol. The fraction of sp³-hybridized carbons (Fsp3) is 0.947. The molecule has 0 bridgehead atoms. The fourth-order valence-electron chi connectivity index (χ4n) is 2.56. The van der Waals surface area contributed by atoms with Gasteiger partial charge in [0.2, 0.25) is 0 Å². The topological polar surface area (TPSA) is 64.1 Å². The maximum atomic E-state index is 5.79. The van der Waals surface area contributed by atoms with Crippen LogP contribution < -0.4 is 10.6 Å². The fourth-order valence-corrected chi connectivity index (χ4v) is 2.56. The Hall–Kier alpha value is -0.850. The molecule has 0 amide bonds. The van der Waals surface area contributed by atoms with Crippen molar-refractivity contribution < 1.29 is 14.2 Å². The summed E-state index contributed by atoms with van der Waals surface area (Å²) in [6.07, 6.45) is 4.22. The van der Waals surface area contributed by atoms with Gasteiger partial charge in [-0.2, -0.15) is 0 Å². The normalized spacial score (nSPS) is 16.4. The molecule has 1 heterocycles. The number of hydrogen-bond donors (Lipinski definition) is 2. The van der Waals surface area contributed by atoms with Crippen molar-refractivity contribution in [2.45, 2.75) is 46.5 Å². The highest BCUT2D eigenvalue weighted by molar-refractivity contribution is 5.79.